The van der Waals surface area contributed by atoms with Crippen molar-refractivity contribution in [2.75, 3.05) is 60.1 Å². The predicted molar refractivity (Wildman–Crippen MR) is 185 cm³/mol. The Labute approximate surface area is 292 Å². The third-order valence-corrected chi connectivity index (χ3v) is 7.33. The maximum atomic E-state index is 10.8. The number of piperazine rings is 1. The molecule has 2 unspecified atom stereocenters. The summed E-state index contributed by atoms with van der Waals surface area (Å²) < 4.78 is 17.0. The van der Waals surface area contributed by atoms with Crippen LogP contribution in [-0.2, 0) is 23.9 Å². The van der Waals surface area contributed by atoms with Crippen LogP contribution in [0.15, 0.2) is 72.8 Å². The van der Waals surface area contributed by atoms with E-state index in [0.717, 1.165) is 63.6 Å². The molecule has 0 aromatic heterocycles. The van der Waals surface area contributed by atoms with Gasteiger partial charge in [-0.15, -0.1) is 0 Å². The summed E-state index contributed by atoms with van der Waals surface area (Å²) in [6.45, 7) is 11.1. The fraction of sp³-hybridized carbons (Fsp3) is 0.444. The summed E-state index contributed by atoms with van der Waals surface area (Å²) in [4.78, 5) is 43.2. The van der Waals surface area contributed by atoms with Crippen molar-refractivity contribution in [1.29, 1.82) is 0 Å². The molecule has 0 bridgehead atoms. The van der Waals surface area contributed by atoms with Crippen LogP contribution in [0, 0.1) is 5.92 Å². The lowest BCUT2D eigenvalue weighted by Gasteiger charge is -2.36. The SMILES string of the molecule is COc1ccc(C(O)CCN2CCN(CC(OCCC(C)C)c3ccccc3)CC2)c(OC)c1.O=C(O)/C=C\C(=O)O.O=C(O)/C=C\C(=O)O. The van der Waals surface area contributed by atoms with E-state index in [1.165, 1.54) is 5.56 Å². The predicted octanol–water partition coefficient (Wildman–Crippen LogP) is 3.97. The molecule has 2 aromatic rings. The molecule has 3 rings (SSSR count). The molecule has 14 nitrogen and oxygen atoms in total. The average Bonchev–Trinajstić information content (AvgIpc) is 3.09. The first-order valence-electron chi connectivity index (χ1n) is 16.0. The molecule has 1 heterocycles. The highest BCUT2D eigenvalue weighted by atomic mass is 16.5. The number of aliphatic hydroxyl groups excluding tert-OH is 1. The van der Waals surface area contributed by atoms with Crippen LogP contribution in [0.4, 0.5) is 0 Å². The highest BCUT2D eigenvalue weighted by Crippen LogP contribution is 2.31. The van der Waals surface area contributed by atoms with E-state index in [1.54, 1.807) is 14.2 Å². The van der Waals surface area contributed by atoms with E-state index in [9.17, 15) is 24.3 Å². The molecule has 0 spiro atoms. The van der Waals surface area contributed by atoms with Crippen molar-refractivity contribution in [2.24, 2.45) is 5.92 Å². The van der Waals surface area contributed by atoms with Crippen molar-refractivity contribution < 1.29 is 58.9 Å². The van der Waals surface area contributed by atoms with Crippen LogP contribution < -0.4 is 9.47 Å². The van der Waals surface area contributed by atoms with Crippen LogP contribution >= 0.6 is 0 Å². The van der Waals surface area contributed by atoms with E-state index in [2.05, 4.69) is 54.0 Å². The largest absolute Gasteiger partial charge is 0.497 e. The van der Waals surface area contributed by atoms with E-state index < -0.39 is 30.0 Å². The number of methoxy groups -OCH3 is 2. The van der Waals surface area contributed by atoms with Crippen LogP contribution in [0.2, 0.25) is 0 Å². The molecular weight excluding hydrogens is 652 g/mol. The van der Waals surface area contributed by atoms with Crippen molar-refractivity contribution in [1.82, 2.24) is 9.80 Å². The van der Waals surface area contributed by atoms with Gasteiger partial charge < -0.3 is 44.6 Å². The average molecular weight is 703 g/mol. The lowest BCUT2D eigenvalue weighted by molar-refractivity contribution is -0.134. The summed E-state index contributed by atoms with van der Waals surface area (Å²) in [6, 6.07) is 16.2. The highest BCUT2D eigenvalue weighted by Gasteiger charge is 2.23. The van der Waals surface area contributed by atoms with E-state index in [-0.39, 0.29) is 6.10 Å². The maximum Gasteiger partial charge on any atom is 0.328 e. The summed E-state index contributed by atoms with van der Waals surface area (Å²) in [5.41, 5.74) is 2.07. The zero-order valence-electron chi connectivity index (χ0n) is 29.0. The molecule has 14 heteroatoms. The highest BCUT2D eigenvalue weighted by molar-refractivity contribution is 5.90. The minimum Gasteiger partial charge on any atom is -0.497 e. The Morgan fingerprint density at radius 3 is 1.72 bits per heavy atom. The molecule has 2 aromatic carbocycles. The van der Waals surface area contributed by atoms with E-state index in [1.807, 2.05) is 18.2 Å². The van der Waals surface area contributed by atoms with Gasteiger partial charge >= 0.3 is 23.9 Å². The van der Waals surface area contributed by atoms with E-state index in [4.69, 9.17) is 34.6 Å². The Balaban J connectivity index is 0.000000646. The van der Waals surface area contributed by atoms with Crippen molar-refractivity contribution >= 4 is 23.9 Å². The second-order valence-corrected chi connectivity index (χ2v) is 11.5. The van der Waals surface area contributed by atoms with Crippen LogP contribution in [0.5, 0.6) is 11.5 Å². The minimum atomic E-state index is -1.26. The lowest BCUT2D eigenvalue weighted by atomic mass is 10.0. The number of nitrogens with zero attached hydrogens (tertiary/aromatic N) is 2. The fourth-order valence-electron chi connectivity index (χ4n) is 4.64. The molecule has 1 aliphatic rings. The quantitative estimate of drug-likeness (QED) is 0.148. The zero-order valence-corrected chi connectivity index (χ0v) is 29.0. The number of aliphatic carboxylic acids is 4. The monoisotopic (exact) mass is 702 g/mol. The van der Waals surface area contributed by atoms with Crippen molar-refractivity contribution in [3.8, 4) is 11.5 Å². The Morgan fingerprint density at radius 1 is 0.740 bits per heavy atom. The summed E-state index contributed by atoms with van der Waals surface area (Å²) >= 11 is 0. The molecule has 0 aliphatic carbocycles. The van der Waals surface area contributed by atoms with Gasteiger partial charge in [0.1, 0.15) is 11.5 Å². The number of benzene rings is 2. The Kier molecular flexibility index (Phi) is 21.1. The molecule has 5 N–H and O–H groups in total. The summed E-state index contributed by atoms with van der Waals surface area (Å²) in [5.74, 6) is -2.99. The molecule has 1 aliphatic heterocycles. The molecule has 2 atom stereocenters. The van der Waals surface area contributed by atoms with Crippen molar-refractivity contribution in [3.05, 3.63) is 84.0 Å². The summed E-state index contributed by atoms with van der Waals surface area (Å²) in [5, 5.41) is 42.0. The third kappa shape index (κ3) is 19.3. The topological polar surface area (TPSA) is 204 Å². The molecule has 1 fully saturated rings. The molecule has 0 saturated carbocycles. The number of carboxylic acid groups (broad SMARTS) is 4. The van der Waals surface area contributed by atoms with Crippen LogP contribution in [0.25, 0.3) is 0 Å². The maximum absolute atomic E-state index is 10.8. The van der Waals surface area contributed by atoms with Gasteiger partial charge in [0, 0.05) is 81.8 Å². The standard InChI is InChI=1S/C28H42N2O4.2C4H4O4/c1-22(2)13-19-34-28(23-8-6-5-7-9-23)21-30-17-15-29(16-18-30)14-12-26(31)25-11-10-24(32-3)20-27(25)33-4;2*5-3(6)1-2-4(7)8/h5-11,20,22,26,28,31H,12-19,21H2,1-4H3;2*1-2H,(H,5,6)(H,7,8)/b;2*2-1-. The van der Waals surface area contributed by atoms with Crippen LogP contribution in [-0.4, -0.2) is 119 Å². The van der Waals surface area contributed by atoms with Crippen LogP contribution in [0.1, 0.15) is 50.0 Å². The van der Waals surface area contributed by atoms with Crippen molar-refractivity contribution in [3.63, 3.8) is 0 Å². The number of hydrogen-bond donors (Lipinski definition) is 5. The summed E-state index contributed by atoms with van der Waals surface area (Å²) in [6.07, 6.45) is 3.54. The summed E-state index contributed by atoms with van der Waals surface area (Å²) in [7, 11) is 3.25. The Morgan fingerprint density at radius 2 is 1.26 bits per heavy atom. The van der Waals surface area contributed by atoms with Gasteiger partial charge in [-0.05, 0) is 36.5 Å². The van der Waals surface area contributed by atoms with Crippen LogP contribution in [0.3, 0.4) is 0 Å². The van der Waals surface area contributed by atoms with Crippen molar-refractivity contribution in [2.45, 2.75) is 38.9 Å². The first-order chi connectivity index (χ1) is 23.7. The van der Waals surface area contributed by atoms with Gasteiger partial charge in [-0.2, -0.15) is 0 Å². The van der Waals surface area contributed by atoms with E-state index >= 15 is 0 Å². The van der Waals surface area contributed by atoms with Gasteiger partial charge in [-0.3, -0.25) is 4.90 Å². The Bertz CT molecular complexity index is 1310. The second-order valence-electron chi connectivity index (χ2n) is 11.5. The number of ether oxygens (including phenoxy) is 3. The van der Waals surface area contributed by atoms with Gasteiger partial charge in [0.05, 0.1) is 26.4 Å². The molecular formula is C36H50N2O12. The molecule has 0 radical (unpaired) electrons. The van der Waals surface area contributed by atoms with Gasteiger partial charge in [-0.1, -0.05) is 44.2 Å². The normalized spacial score (nSPS) is 14.6. The number of aliphatic hydroxyl groups is 1. The number of hydrogen-bond acceptors (Lipinski definition) is 10. The second kappa shape index (κ2) is 24.4. The lowest BCUT2D eigenvalue weighted by Crippen LogP contribution is -2.48. The third-order valence-electron chi connectivity index (χ3n) is 7.33. The first kappa shape index (κ1) is 43.3. The molecule has 50 heavy (non-hydrogen) atoms. The van der Waals surface area contributed by atoms with Gasteiger partial charge in [0.15, 0.2) is 0 Å². The smallest absolute Gasteiger partial charge is 0.328 e. The molecule has 0 amide bonds. The first-order valence-corrected chi connectivity index (χ1v) is 16.0. The number of rotatable bonds is 17. The number of carboxylic acids is 4. The Hall–Kier alpha value is -4.76. The zero-order chi connectivity index (χ0) is 37.5. The molecule has 1 saturated heterocycles. The fourth-order valence-corrected chi connectivity index (χ4v) is 4.64. The molecule has 276 valence electrons. The van der Waals surface area contributed by atoms with Gasteiger partial charge in [-0.25, -0.2) is 19.2 Å². The minimum absolute atomic E-state index is 0.107. The van der Waals surface area contributed by atoms with Gasteiger partial charge in [0.25, 0.3) is 0 Å². The van der Waals surface area contributed by atoms with Gasteiger partial charge in [0.2, 0.25) is 0 Å². The number of carbonyl (C=O) groups is 4. The van der Waals surface area contributed by atoms with E-state index in [0.29, 0.717) is 42.4 Å².